The fourth-order valence-electron chi connectivity index (χ4n) is 2.76. The third-order valence-electron chi connectivity index (χ3n) is 3.87. The maximum Gasteiger partial charge on any atom is 0.197 e. The summed E-state index contributed by atoms with van der Waals surface area (Å²) < 4.78 is 11.6. The van der Waals surface area contributed by atoms with Crippen molar-refractivity contribution in [2.75, 3.05) is 0 Å². The van der Waals surface area contributed by atoms with Gasteiger partial charge in [0, 0.05) is 5.56 Å². The Morgan fingerprint density at radius 3 is 2.42 bits per heavy atom. The average Bonchev–Trinajstić information content (AvgIpc) is 2.26. The van der Waals surface area contributed by atoms with Crippen molar-refractivity contribution in [1.29, 1.82) is 0 Å². The van der Waals surface area contributed by atoms with E-state index in [-0.39, 0.29) is 11.7 Å². The van der Waals surface area contributed by atoms with Crippen LogP contribution >= 0.6 is 0 Å². The zero-order valence-corrected chi connectivity index (χ0v) is 13.3. The molecule has 0 bridgehead atoms. The second-order valence-corrected chi connectivity index (χ2v) is 6.85. The molecule has 0 amide bonds. The van der Waals surface area contributed by atoms with Crippen molar-refractivity contribution in [3.63, 3.8) is 0 Å². The van der Waals surface area contributed by atoms with Gasteiger partial charge in [-0.2, -0.15) is 0 Å². The highest BCUT2D eigenvalue weighted by molar-refractivity contribution is 5.53. The van der Waals surface area contributed by atoms with E-state index < -0.39 is 0 Å². The number of benzene rings is 1. The van der Waals surface area contributed by atoms with Gasteiger partial charge in [-0.1, -0.05) is 40.7 Å². The second kappa shape index (κ2) is 4.82. The highest BCUT2D eigenvalue weighted by Gasteiger charge is 2.28. The van der Waals surface area contributed by atoms with Crippen LogP contribution in [-0.2, 0) is 16.8 Å². The first-order valence-electron chi connectivity index (χ1n) is 7.17. The highest BCUT2D eigenvalue weighted by Crippen LogP contribution is 2.41. The van der Waals surface area contributed by atoms with Crippen LogP contribution in [0.5, 0.6) is 5.75 Å². The summed E-state index contributed by atoms with van der Waals surface area (Å²) in [5, 5.41) is 0. The van der Waals surface area contributed by atoms with E-state index in [2.05, 4.69) is 47.6 Å². The first-order valence-corrected chi connectivity index (χ1v) is 7.17. The summed E-state index contributed by atoms with van der Waals surface area (Å²) >= 11 is 0. The van der Waals surface area contributed by atoms with Gasteiger partial charge in [-0.05, 0) is 41.9 Å². The maximum atomic E-state index is 5.95. The average molecular weight is 262 g/mol. The van der Waals surface area contributed by atoms with Crippen LogP contribution < -0.4 is 4.74 Å². The van der Waals surface area contributed by atoms with Crippen LogP contribution in [0.25, 0.3) is 0 Å². The van der Waals surface area contributed by atoms with E-state index in [9.17, 15) is 0 Å². The van der Waals surface area contributed by atoms with Crippen LogP contribution in [0.15, 0.2) is 6.07 Å². The maximum absolute atomic E-state index is 5.95. The molecule has 1 atom stereocenters. The normalized spacial score (nSPS) is 19.3. The van der Waals surface area contributed by atoms with Crippen LogP contribution in [0.4, 0.5) is 0 Å². The molecule has 1 unspecified atom stereocenters. The van der Waals surface area contributed by atoms with Gasteiger partial charge in [0.25, 0.3) is 0 Å². The van der Waals surface area contributed by atoms with E-state index in [1.54, 1.807) is 0 Å². The third-order valence-corrected chi connectivity index (χ3v) is 3.87. The van der Waals surface area contributed by atoms with Gasteiger partial charge >= 0.3 is 0 Å². The van der Waals surface area contributed by atoms with Crippen molar-refractivity contribution < 1.29 is 9.47 Å². The molecule has 19 heavy (non-hydrogen) atoms. The standard InChI is InChI=1S/C17H26O2/c1-10(2)13-8-15(17(5,6)7)11(3)14-9-18-12(4)19-16(13)14/h8,10,12H,9H2,1-7H3. The molecular weight excluding hydrogens is 236 g/mol. The fourth-order valence-corrected chi connectivity index (χ4v) is 2.76. The van der Waals surface area contributed by atoms with Crippen LogP contribution in [0.3, 0.4) is 0 Å². The molecule has 0 saturated carbocycles. The Kier molecular flexibility index (Phi) is 3.65. The van der Waals surface area contributed by atoms with E-state index in [0.717, 1.165) is 5.75 Å². The van der Waals surface area contributed by atoms with Crippen molar-refractivity contribution in [3.05, 3.63) is 28.3 Å². The molecule has 1 aliphatic rings. The minimum atomic E-state index is -0.148. The van der Waals surface area contributed by atoms with Gasteiger partial charge in [0.1, 0.15) is 5.75 Å². The lowest BCUT2D eigenvalue weighted by Gasteiger charge is -2.32. The van der Waals surface area contributed by atoms with Gasteiger partial charge in [0.05, 0.1) is 6.61 Å². The van der Waals surface area contributed by atoms with Gasteiger partial charge < -0.3 is 9.47 Å². The molecule has 2 heteroatoms. The Bertz CT molecular complexity index is 481. The van der Waals surface area contributed by atoms with Crippen molar-refractivity contribution in [2.24, 2.45) is 0 Å². The summed E-state index contributed by atoms with van der Waals surface area (Å²) in [4.78, 5) is 0. The van der Waals surface area contributed by atoms with Crippen LogP contribution in [0.2, 0.25) is 0 Å². The molecule has 0 radical (unpaired) electrons. The summed E-state index contributed by atoms with van der Waals surface area (Å²) in [6, 6.07) is 2.33. The minimum Gasteiger partial charge on any atom is -0.465 e. The van der Waals surface area contributed by atoms with Gasteiger partial charge in [-0.25, -0.2) is 0 Å². The van der Waals surface area contributed by atoms with Crippen molar-refractivity contribution >= 4 is 0 Å². The third kappa shape index (κ3) is 2.64. The van der Waals surface area contributed by atoms with Gasteiger partial charge in [-0.15, -0.1) is 0 Å². The van der Waals surface area contributed by atoms with Crippen molar-refractivity contribution in [2.45, 2.75) is 72.7 Å². The number of rotatable bonds is 1. The number of hydrogen-bond acceptors (Lipinski definition) is 2. The molecule has 0 aromatic heterocycles. The Labute approximate surface area is 117 Å². The topological polar surface area (TPSA) is 18.5 Å². The van der Waals surface area contributed by atoms with E-state index in [0.29, 0.717) is 12.5 Å². The first kappa shape index (κ1) is 14.4. The second-order valence-electron chi connectivity index (χ2n) is 6.85. The zero-order chi connectivity index (χ0) is 14.4. The van der Waals surface area contributed by atoms with Crippen LogP contribution in [0.1, 0.15) is 69.7 Å². The molecule has 0 N–H and O–H groups in total. The molecule has 1 aliphatic heterocycles. The molecular formula is C17H26O2. The molecule has 106 valence electrons. The summed E-state index contributed by atoms with van der Waals surface area (Å²) in [6.07, 6.45) is -0.148. The van der Waals surface area contributed by atoms with E-state index in [1.165, 1.54) is 22.3 Å². The van der Waals surface area contributed by atoms with Gasteiger partial charge in [-0.3, -0.25) is 0 Å². The zero-order valence-electron chi connectivity index (χ0n) is 13.3. The highest BCUT2D eigenvalue weighted by atomic mass is 16.7. The molecule has 2 nitrogen and oxygen atoms in total. The summed E-state index contributed by atoms with van der Waals surface area (Å²) in [5.74, 6) is 1.51. The molecule has 2 rings (SSSR count). The monoisotopic (exact) mass is 262 g/mol. The largest absolute Gasteiger partial charge is 0.465 e. The van der Waals surface area contributed by atoms with Crippen LogP contribution in [0, 0.1) is 6.92 Å². The number of hydrogen-bond donors (Lipinski definition) is 0. The molecule has 0 aliphatic carbocycles. The quantitative estimate of drug-likeness (QED) is 0.732. The summed E-state index contributed by atoms with van der Waals surface area (Å²) in [7, 11) is 0. The van der Waals surface area contributed by atoms with Crippen LogP contribution in [-0.4, -0.2) is 6.29 Å². The molecule has 1 aromatic rings. The summed E-state index contributed by atoms with van der Waals surface area (Å²) in [5.41, 5.74) is 5.40. The van der Waals surface area contributed by atoms with Crippen molar-refractivity contribution in [1.82, 2.24) is 0 Å². The van der Waals surface area contributed by atoms with E-state index >= 15 is 0 Å². The molecule has 0 saturated heterocycles. The van der Waals surface area contributed by atoms with Crippen molar-refractivity contribution in [3.8, 4) is 5.75 Å². The predicted molar refractivity (Wildman–Crippen MR) is 78.8 cm³/mol. The molecule has 1 heterocycles. The Morgan fingerprint density at radius 1 is 1.26 bits per heavy atom. The Hall–Kier alpha value is -1.02. The minimum absolute atomic E-state index is 0.145. The summed E-state index contributed by atoms with van der Waals surface area (Å²) in [6.45, 7) is 16.0. The lowest BCUT2D eigenvalue weighted by atomic mass is 9.79. The Morgan fingerprint density at radius 2 is 1.89 bits per heavy atom. The predicted octanol–water partition coefficient (Wildman–Crippen LogP) is 4.67. The Balaban J connectivity index is 2.67. The first-order chi connectivity index (χ1) is 8.71. The SMILES string of the molecule is Cc1c(C(C)(C)C)cc(C(C)C)c2c1COC(C)O2. The lowest BCUT2D eigenvalue weighted by Crippen LogP contribution is -2.26. The van der Waals surface area contributed by atoms with E-state index in [1.807, 2.05) is 6.92 Å². The molecule has 1 aromatic carbocycles. The van der Waals surface area contributed by atoms with Gasteiger partial charge in [0.2, 0.25) is 0 Å². The van der Waals surface area contributed by atoms with E-state index in [4.69, 9.17) is 9.47 Å². The lowest BCUT2D eigenvalue weighted by molar-refractivity contribution is -0.0953. The number of ether oxygens (including phenoxy) is 2. The fraction of sp³-hybridized carbons (Fsp3) is 0.647. The number of fused-ring (bicyclic) bond motifs is 1. The van der Waals surface area contributed by atoms with Gasteiger partial charge in [0.15, 0.2) is 6.29 Å². The molecule has 0 spiro atoms. The molecule has 0 fully saturated rings. The smallest absolute Gasteiger partial charge is 0.197 e.